The molecule has 0 saturated carbocycles. The third-order valence-corrected chi connectivity index (χ3v) is 5.17. The first-order valence-electron chi connectivity index (χ1n) is 6.05. The van der Waals surface area contributed by atoms with Crippen LogP contribution in [0.1, 0.15) is 18.9 Å². The van der Waals surface area contributed by atoms with Crippen molar-refractivity contribution < 1.29 is 14.7 Å². The molecule has 1 aliphatic rings. The molecule has 2 atom stereocenters. The maximum absolute atomic E-state index is 12.2. The minimum absolute atomic E-state index is 0.0522. The Morgan fingerprint density at radius 1 is 1.58 bits per heavy atom. The lowest BCUT2D eigenvalue weighted by Crippen LogP contribution is -2.49. The number of urea groups is 1. The topological polar surface area (TPSA) is 69.6 Å². The van der Waals surface area contributed by atoms with Crippen molar-refractivity contribution in [1.29, 1.82) is 0 Å². The molecule has 2 heterocycles. The van der Waals surface area contributed by atoms with Gasteiger partial charge in [-0.25, -0.2) is 9.59 Å². The van der Waals surface area contributed by atoms with Crippen LogP contribution in [0, 0.1) is 0 Å². The van der Waals surface area contributed by atoms with Gasteiger partial charge in [-0.2, -0.15) is 11.3 Å². The van der Waals surface area contributed by atoms with Gasteiger partial charge in [0.1, 0.15) is 6.04 Å². The second-order valence-electron chi connectivity index (χ2n) is 4.25. The molecule has 2 amide bonds. The highest BCUT2D eigenvalue weighted by Crippen LogP contribution is 2.31. The second kappa shape index (κ2) is 6.29. The molecule has 2 N–H and O–H groups in total. The third kappa shape index (κ3) is 3.22. The highest BCUT2D eigenvalue weighted by atomic mass is 32.2. The van der Waals surface area contributed by atoms with Gasteiger partial charge in [-0.15, -0.1) is 11.8 Å². The molecule has 1 aromatic heterocycles. The Morgan fingerprint density at radius 2 is 2.37 bits per heavy atom. The van der Waals surface area contributed by atoms with Crippen molar-refractivity contribution in [3.8, 4) is 0 Å². The molecule has 2 unspecified atom stereocenters. The van der Waals surface area contributed by atoms with Crippen LogP contribution in [0.3, 0.4) is 0 Å². The van der Waals surface area contributed by atoms with Gasteiger partial charge in [-0.3, -0.25) is 4.90 Å². The summed E-state index contributed by atoms with van der Waals surface area (Å²) in [6.45, 7) is 2.40. The zero-order valence-electron chi connectivity index (χ0n) is 10.5. The Labute approximate surface area is 120 Å². The molecule has 0 aromatic carbocycles. The fraction of sp³-hybridized carbons (Fsp3) is 0.500. The molecule has 0 radical (unpaired) electrons. The summed E-state index contributed by atoms with van der Waals surface area (Å²) in [5.74, 6) is -0.478. The maximum atomic E-state index is 12.2. The van der Waals surface area contributed by atoms with E-state index in [0.29, 0.717) is 12.3 Å². The van der Waals surface area contributed by atoms with Crippen molar-refractivity contribution >= 4 is 35.1 Å². The Kier molecular flexibility index (Phi) is 4.71. The van der Waals surface area contributed by atoms with Gasteiger partial charge in [0.15, 0.2) is 0 Å². The Hall–Kier alpha value is -1.21. The van der Waals surface area contributed by atoms with E-state index in [1.807, 2.05) is 23.8 Å². The lowest BCUT2D eigenvalue weighted by molar-refractivity contribution is -0.141. The summed E-state index contributed by atoms with van der Waals surface area (Å²) in [4.78, 5) is 24.8. The third-order valence-electron chi connectivity index (χ3n) is 2.99. The SMILES string of the molecule is CCC1SCC(C(=O)O)N1C(=O)NCc1ccsc1. The van der Waals surface area contributed by atoms with Crippen molar-refractivity contribution in [3.05, 3.63) is 22.4 Å². The number of carboxylic acid groups (broad SMARTS) is 1. The molecule has 1 fully saturated rings. The number of thiophene rings is 1. The summed E-state index contributed by atoms with van der Waals surface area (Å²) in [5.41, 5.74) is 1.03. The van der Waals surface area contributed by atoms with Crippen LogP contribution in [0.2, 0.25) is 0 Å². The number of nitrogens with one attached hydrogen (secondary N) is 1. The Balaban J connectivity index is 2.00. The normalized spacial score (nSPS) is 22.5. The van der Waals surface area contributed by atoms with E-state index in [9.17, 15) is 9.59 Å². The minimum atomic E-state index is -0.936. The van der Waals surface area contributed by atoms with Crippen LogP contribution in [0.25, 0.3) is 0 Å². The van der Waals surface area contributed by atoms with Crippen molar-refractivity contribution in [3.63, 3.8) is 0 Å². The number of carbonyl (C=O) groups excluding carboxylic acids is 1. The van der Waals surface area contributed by atoms with Gasteiger partial charge in [-0.1, -0.05) is 6.92 Å². The van der Waals surface area contributed by atoms with E-state index in [1.165, 1.54) is 16.7 Å². The number of rotatable bonds is 4. The van der Waals surface area contributed by atoms with Crippen LogP contribution < -0.4 is 5.32 Å². The van der Waals surface area contributed by atoms with Gasteiger partial charge < -0.3 is 10.4 Å². The lowest BCUT2D eigenvalue weighted by atomic mass is 10.2. The van der Waals surface area contributed by atoms with Gasteiger partial charge in [0.05, 0.1) is 5.37 Å². The summed E-state index contributed by atoms with van der Waals surface area (Å²) in [6, 6.07) is 0.920. The highest BCUT2D eigenvalue weighted by Gasteiger charge is 2.40. The van der Waals surface area contributed by atoms with Crippen LogP contribution in [0.5, 0.6) is 0 Å². The van der Waals surface area contributed by atoms with E-state index in [4.69, 9.17) is 5.11 Å². The number of aliphatic carboxylic acids is 1. The number of hydrogen-bond donors (Lipinski definition) is 2. The van der Waals surface area contributed by atoms with Crippen molar-refractivity contribution in [1.82, 2.24) is 10.2 Å². The molecule has 1 saturated heterocycles. The number of carbonyl (C=O) groups is 2. The predicted molar refractivity (Wildman–Crippen MR) is 76.4 cm³/mol. The molecular weight excluding hydrogens is 284 g/mol. The quantitative estimate of drug-likeness (QED) is 0.894. The van der Waals surface area contributed by atoms with Crippen LogP contribution in [-0.4, -0.2) is 39.2 Å². The summed E-state index contributed by atoms with van der Waals surface area (Å²) < 4.78 is 0. The summed E-state index contributed by atoms with van der Waals surface area (Å²) in [7, 11) is 0. The first kappa shape index (κ1) is 14.2. The fourth-order valence-electron chi connectivity index (χ4n) is 2.00. The zero-order valence-corrected chi connectivity index (χ0v) is 12.2. The zero-order chi connectivity index (χ0) is 13.8. The molecule has 1 aliphatic heterocycles. The average molecular weight is 300 g/mol. The molecule has 0 spiro atoms. The van der Waals surface area contributed by atoms with Crippen LogP contribution in [0.15, 0.2) is 16.8 Å². The Morgan fingerprint density at radius 3 is 2.95 bits per heavy atom. The molecule has 1 aromatic rings. The lowest BCUT2D eigenvalue weighted by Gasteiger charge is -2.26. The number of thioether (sulfide) groups is 1. The fourth-order valence-corrected chi connectivity index (χ4v) is 4.02. The molecule has 7 heteroatoms. The van der Waals surface area contributed by atoms with Gasteiger partial charge in [0.2, 0.25) is 0 Å². The molecule has 0 bridgehead atoms. The van der Waals surface area contributed by atoms with E-state index in [0.717, 1.165) is 12.0 Å². The standard InChI is InChI=1S/C12H16N2O3S2/c1-2-10-14(9(7-19-10)11(15)16)12(17)13-5-8-3-4-18-6-8/h3-4,6,9-10H,2,5,7H2,1H3,(H,13,17)(H,15,16). The van der Waals surface area contributed by atoms with Gasteiger partial charge in [0.25, 0.3) is 0 Å². The van der Waals surface area contributed by atoms with E-state index in [-0.39, 0.29) is 11.4 Å². The van der Waals surface area contributed by atoms with Crippen LogP contribution in [-0.2, 0) is 11.3 Å². The molecule has 2 rings (SSSR count). The monoisotopic (exact) mass is 300 g/mol. The maximum Gasteiger partial charge on any atom is 0.327 e. The molecular formula is C12H16N2O3S2. The predicted octanol–water partition coefficient (Wildman–Crippen LogP) is 2.20. The van der Waals surface area contributed by atoms with Gasteiger partial charge in [-0.05, 0) is 28.8 Å². The summed E-state index contributed by atoms with van der Waals surface area (Å²) >= 11 is 3.10. The van der Waals surface area contributed by atoms with E-state index < -0.39 is 12.0 Å². The number of hydrogen-bond acceptors (Lipinski definition) is 4. The van der Waals surface area contributed by atoms with E-state index in [1.54, 1.807) is 11.3 Å². The summed E-state index contributed by atoms with van der Waals surface area (Å²) in [5, 5.41) is 15.8. The van der Waals surface area contributed by atoms with Crippen LogP contribution >= 0.6 is 23.1 Å². The van der Waals surface area contributed by atoms with Crippen molar-refractivity contribution in [2.24, 2.45) is 0 Å². The van der Waals surface area contributed by atoms with Gasteiger partial charge >= 0.3 is 12.0 Å². The van der Waals surface area contributed by atoms with Gasteiger partial charge in [0, 0.05) is 12.3 Å². The minimum Gasteiger partial charge on any atom is -0.480 e. The number of amides is 2. The van der Waals surface area contributed by atoms with E-state index in [2.05, 4.69) is 5.32 Å². The smallest absolute Gasteiger partial charge is 0.327 e. The number of nitrogens with zero attached hydrogens (tertiary/aromatic N) is 1. The molecule has 104 valence electrons. The largest absolute Gasteiger partial charge is 0.480 e. The average Bonchev–Trinajstić information content (AvgIpc) is 3.04. The van der Waals surface area contributed by atoms with Crippen molar-refractivity contribution in [2.45, 2.75) is 31.3 Å². The van der Waals surface area contributed by atoms with E-state index >= 15 is 0 Å². The Bertz CT molecular complexity index is 450. The summed E-state index contributed by atoms with van der Waals surface area (Å²) in [6.07, 6.45) is 0.750. The first-order chi connectivity index (χ1) is 9.13. The second-order valence-corrected chi connectivity index (χ2v) is 6.24. The highest BCUT2D eigenvalue weighted by molar-refractivity contribution is 8.00. The molecule has 19 heavy (non-hydrogen) atoms. The van der Waals surface area contributed by atoms with Crippen LogP contribution in [0.4, 0.5) is 4.79 Å². The molecule has 0 aliphatic carbocycles. The first-order valence-corrected chi connectivity index (χ1v) is 8.04. The number of carboxylic acids is 1. The van der Waals surface area contributed by atoms with Crippen molar-refractivity contribution in [2.75, 3.05) is 5.75 Å². The molecule has 5 nitrogen and oxygen atoms in total.